The maximum atomic E-state index is 12.8. The first kappa shape index (κ1) is 17.6. The molecule has 2 saturated heterocycles. The Morgan fingerprint density at radius 2 is 2.16 bits per heavy atom. The second kappa shape index (κ2) is 7.79. The van der Waals surface area contributed by atoms with Crippen LogP contribution in [0, 0.1) is 5.41 Å². The van der Waals surface area contributed by atoms with Crippen LogP contribution in [0.1, 0.15) is 12.8 Å². The smallest absolute Gasteiger partial charge is 0.239 e. The quantitative estimate of drug-likeness (QED) is 0.692. The Labute approximate surface area is 147 Å². The van der Waals surface area contributed by atoms with Gasteiger partial charge < -0.3 is 25.6 Å². The maximum absolute atomic E-state index is 12.8. The highest BCUT2D eigenvalue weighted by Crippen LogP contribution is 2.31. The number of carbonyl (C=O) groups excluding carboxylic acids is 2. The number of hydrogen-bond donors (Lipinski definition) is 3. The summed E-state index contributed by atoms with van der Waals surface area (Å²) >= 11 is 0. The second-order valence-electron chi connectivity index (χ2n) is 6.59. The Bertz CT molecular complexity index is 608. The van der Waals surface area contributed by atoms with Gasteiger partial charge in [0.2, 0.25) is 11.8 Å². The van der Waals surface area contributed by atoms with Gasteiger partial charge in [0.1, 0.15) is 5.82 Å². The second-order valence-corrected chi connectivity index (χ2v) is 6.59. The van der Waals surface area contributed by atoms with Crippen molar-refractivity contribution in [1.82, 2.24) is 15.6 Å². The third kappa shape index (κ3) is 4.08. The lowest BCUT2D eigenvalue weighted by atomic mass is 9.78. The van der Waals surface area contributed by atoms with Crippen molar-refractivity contribution >= 4 is 23.3 Å². The molecule has 3 N–H and O–H groups in total. The first-order valence-electron chi connectivity index (χ1n) is 8.62. The van der Waals surface area contributed by atoms with Crippen LogP contribution in [-0.2, 0) is 14.3 Å². The Morgan fingerprint density at radius 1 is 1.36 bits per heavy atom. The number of hydrogen-bond acceptors (Lipinski definition) is 6. The minimum absolute atomic E-state index is 0.00200. The van der Waals surface area contributed by atoms with Crippen molar-refractivity contribution in [3.05, 3.63) is 18.3 Å². The van der Waals surface area contributed by atoms with Gasteiger partial charge in [0.05, 0.1) is 30.5 Å². The van der Waals surface area contributed by atoms with Crippen LogP contribution in [0.5, 0.6) is 0 Å². The molecule has 3 heterocycles. The van der Waals surface area contributed by atoms with E-state index in [-0.39, 0.29) is 11.8 Å². The van der Waals surface area contributed by atoms with Crippen molar-refractivity contribution in [1.29, 1.82) is 0 Å². The number of rotatable bonds is 5. The molecular weight excluding hydrogens is 322 g/mol. The van der Waals surface area contributed by atoms with Gasteiger partial charge in [0.25, 0.3) is 0 Å². The zero-order valence-corrected chi connectivity index (χ0v) is 14.5. The van der Waals surface area contributed by atoms with Crippen molar-refractivity contribution in [3.8, 4) is 0 Å². The third-order valence-corrected chi connectivity index (χ3v) is 4.83. The molecule has 0 spiro atoms. The molecule has 1 aromatic heterocycles. The topological polar surface area (TPSA) is 95.6 Å². The zero-order chi connectivity index (χ0) is 17.7. The summed E-state index contributed by atoms with van der Waals surface area (Å²) in [5.41, 5.74) is 0.160. The van der Waals surface area contributed by atoms with E-state index in [1.807, 2.05) is 17.0 Å². The van der Waals surface area contributed by atoms with E-state index in [0.29, 0.717) is 25.4 Å². The number of pyridine rings is 1. The first-order valence-corrected chi connectivity index (χ1v) is 8.62. The molecule has 0 aromatic carbocycles. The van der Waals surface area contributed by atoms with Gasteiger partial charge in [-0.15, -0.1) is 0 Å². The number of amides is 2. The van der Waals surface area contributed by atoms with E-state index < -0.39 is 5.41 Å². The van der Waals surface area contributed by atoms with E-state index in [1.54, 1.807) is 13.3 Å². The van der Waals surface area contributed by atoms with Crippen LogP contribution >= 0.6 is 0 Å². The molecular formula is C17H25N5O3. The summed E-state index contributed by atoms with van der Waals surface area (Å²) in [6.45, 7) is 3.69. The van der Waals surface area contributed by atoms with Gasteiger partial charge in [0, 0.05) is 20.2 Å². The molecule has 2 fully saturated rings. The highest BCUT2D eigenvalue weighted by molar-refractivity contribution is 5.95. The molecule has 8 nitrogen and oxygen atoms in total. The molecule has 0 atom stereocenters. The Hall–Kier alpha value is -2.19. The van der Waals surface area contributed by atoms with E-state index in [4.69, 9.17) is 4.74 Å². The predicted octanol–water partition coefficient (Wildman–Crippen LogP) is -0.0275. The van der Waals surface area contributed by atoms with Gasteiger partial charge in [0.15, 0.2) is 0 Å². The molecule has 0 unspecified atom stereocenters. The van der Waals surface area contributed by atoms with Crippen LogP contribution < -0.4 is 20.9 Å². The molecule has 2 amide bonds. The fourth-order valence-corrected chi connectivity index (χ4v) is 3.36. The first-order chi connectivity index (χ1) is 12.1. The van der Waals surface area contributed by atoms with Crippen molar-refractivity contribution in [2.75, 3.05) is 56.7 Å². The SMILES string of the molecule is COCC1(C(=O)Nc2ccc(N3CCNC(=O)C3)nc2)CCNCC1. The molecule has 3 rings (SSSR count). The van der Waals surface area contributed by atoms with Gasteiger partial charge in [-0.25, -0.2) is 4.98 Å². The molecule has 136 valence electrons. The van der Waals surface area contributed by atoms with Crippen LogP contribution in [-0.4, -0.2) is 63.2 Å². The lowest BCUT2D eigenvalue weighted by Crippen LogP contribution is -2.48. The molecule has 25 heavy (non-hydrogen) atoms. The fraction of sp³-hybridized carbons (Fsp3) is 0.588. The van der Waals surface area contributed by atoms with E-state index >= 15 is 0 Å². The van der Waals surface area contributed by atoms with Crippen molar-refractivity contribution in [3.63, 3.8) is 0 Å². The molecule has 2 aliphatic rings. The largest absolute Gasteiger partial charge is 0.384 e. The summed E-state index contributed by atoms with van der Waals surface area (Å²) in [6, 6.07) is 3.66. The van der Waals surface area contributed by atoms with E-state index in [9.17, 15) is 9.59 Å². The van der Waals surface area contributed by atoms with Crippen LogP contribution in [0.25, 0.3) is 0 Å². The summed E-state index contributed by atoms with van der Waals surface area (Å²) < 4.78 is 5.30. The normalized spacial score (nSPS) is 20.0. The lowest BCUT2D eigenvalue weighted by Gasteiger charge is -2.35. The average molecular weight is 347 g/mol. The number of nitrogens with zero attached hydrogens (tertiary/aromatic N) is 2. The Kier molecular flexibility index (Phi) is 5.50. The monoisotopic (exact) mass is 347 g/mol. The summed E-state index contributed by atoms with van der Waals surface area (Å²) in [6.07, 6.45) is 3.14. The summed E-state index contributed by atoms with van der Waals surface area (Å²) in [4.78, 5) is 30.6. The molecule has 2 aliphatic heterocycles. The van der Waals surface area contributed by atoms with E-state index in [1.165, 1.54) is 0 Å². The summed E-state index contributed by atoms with van der Waals surface area (Å²) in [5.74, 6) is 0.710. The van der Waals surface area contributed by atoms with Crippen LogP contribution in [0.15, 0.2) is 18.3 Å². The minimum Gasteiger partial charge on any atom is -0.384 e. The molecule has 0 radical (unpaired) electrons. The fourth-order valence-electron chi connectivity index (χ4n) is 3.36. The molecule has 0 bridgehead atoms. The van der Waals surface area contributed by atoms with Gasteiger partial charge in [-0.3, -0.25) is 9.59 Å². The molecule has 8 heteroatoms. The highest BCUT2D eigenvalue weighted by atomic mass is 16.5. The lowest BCUT2D eigenvalue weighted by molar-refractivity contribution is -0.130. The number of nitrogens with one attached hydrogen (secondary N) is 3. The molecule has 1 aromatic rings. The van der Waals surface area contributed by atoms with Gasteiger partial charge in [-0.1, -0.05) is 0 Å². The Morgan fingerprint density at radius 3 is 2.80 bits per heavy atom. The number of aromatic nitrogens is 1. The van der Waals surface area contributed by atoms with E-state index in [2.05, 4.69) is 20.9 Å². The molecule has 0 aliphatic carbocycles. The average Bonchev–Trinajstić information content (AvgIpc) is 2.63. The van der Waals surface area contributed by atoms with Gasteiger partial charge in [-0.05, 0) is 38.1 Å². The number of methoxy groups -OCH3 is 1. The van der Waals surface area contributed by atoms with E-state index in [0.717, 1.165) is 38.3 Å². The number of piperazine rings is 1. The Balaban J connectivity index is 1.65. The van der Waals surface area contributed by atoms with Crippen LogP contribution in [0.3, 0.4) is 0 Å². The van der Waals surface area contributed by atoms with Gasteiger partial charge in [-0.2, -0.15) is 0 Å². The number of ether oxygens (including phenoxy) is 1. The van der Waals surface area contributed by atoms with Gasteiger partial charge >= 0.3 is 0 Å². The number of anilines is 2. The maximum Gasteiger partial charge on any atom is 0.239 e. The van der Waals surface area contributed by atoms with Crippen molar-refractivity contribution < 1.29 is 14.3 Å². The van der Waals surface area contributed by atoms with Crippen LogP contribution in [0.2, 0.25) is 0 Å². The summed E-state index contributed by atoms with van der Waals surface area (Å²) in [7, 11) is 1.63. The number of carbonyl (C=O) groups is 2. The van der Waals surface area contributed by atoms with Crippen molar-refractivity contribution in [2.24, 2.45) is 5.41 Å². The van der Waals surface area contributed by atoms with Crippen molar-refractivity contribution in [2.45, 2.75) is 12.8 Å². The highest BCUT2D eigenvalue weighted by Gasteiger charge is 2.39. The predicted molar refractivity (Wildman–Crippen MR) is 94.5 cm³/mol. The standard InChI is InChI=1S/C17H25N5O3/c1-25-12-17(4-6-18-7-5-17)16(24)21-13-2-3-14(20-10-13)22-9-8-19-15(23)11-22/h2-3,10,18H,4-9,11-12H2,1H3,(H,19,23)(H,21,24). The third-order valence-electron chi connectivity index (χ3n) is 4.83. The zero-order valence-electron chi connectivity index (χ0n) is 14.5. The minimum atomic E-state index is -0.496. The number of piperidine rings is 1. The summed E-state index contributed by atoms with van der Waals surface area (Å²) in [5, 5.41) is 9.04. The van der Waals surface area contributed by atoms with Crippen LogP contribution in [0.4, 0.5) is 11.5 Å². The molecule has 0 saturated carbocycles.